The highest BCUT2D eigenvalue weighted by molar-refractivity contribution is 5.20. The second-order valence-electron chi connectivity index (χ2n) is 2.65. The molecule has 65 valence electrons. The molecule has 2 nitrogen and oxygen atoms in total. The highest BCUT2D eigenvalue weighted by Gasteiger charge is 2.04. The zero-order valence-corrected chi connectivity index (χ0v) is 7.19. The minimum absolute atomic E-state index is 0.564. The van der Waals surface area contributed by atoms with Crippen LogP contribution in [0.1, 0.15) is 19.8 Å². The Morgan fingerprint density at radius 3 is 2.58 bits per heavy atom. The normalized spacial score (nSPS) is 12.5. The molecule has 0 heterocycles. The van der Waals surface area contributed by atoms with Crippen LogP contribution >= 0.6 is 0 Å². The van der Waals surface area contributed by atoms with Gasteiger partial charge in [-0.05, 0) is 12.1 Å². The largest absolute Gasteiger partial charge is 0.462 e. The fourth-order valence-corrected chi connectivity index (χ4v) is 0.945. The average Bonchev–Trinajstić information content (AvgIpc) is 2.06. The molecule has 1 aromatic carbocycles. The number of hydrogen-bond acceptors (Lipinski definition) is 1. The maximum absolute atomic E-state index is 11.1. The Bertz CT molecular complexity index is 208. The smallest absolute Gasteiger partial charge is 0.231 e. The molecule has 0 spiro atoms. The molecule has 0 amide bonds. The highest BCUT2D eigenvalue weighted by atomic mass is 16.6. The summed E-state index contributed by atoms with van der Waals surface area (Å²) >= 11 is 0. The highest BCUT2D eigenvalue weighted by Crippen LogP contribution is 2.11. The first-order valence-corrected chi connectivity index (χ1v) is 4.20. The monoisotopic (exact) mass is 165 g/mol. The molecule has 0 bridgehead atoms. The van der Waals surface area contributed by atoms with Crippen LogP contribution in [0.2, 0.25) is 0 Å². The van der Waals surface area contributed by atoms with Crippen molar-refractivity contribution in [2.75, 3.05) is 0 Å². The summed E-state index contributed by atoms with van der Waals surface area (Å²) in [5.74, 6) is 0.658. The van der Waals surface area contributed by atoms with Gasteiger partial charge < -0.3 is 4.74 Å². The maximum atomic E-state index is 11.1. The average molecular weight is 165 g/mol. The number of ether oxygens (including phenoxy) is 1. The molecule has 12 heavy (non-hydrogen) atoms. The van der Waals surface area contributed by atoms with Crippen molar-refractivity contribution in [2.45, 2.75) is 26.1 Å². The molecule has 1 atom stereocenters. The van der Waals surface area contributed by atoms with Crippen molar-refractivity contribution < 1.29 is 9.84 Å². The van der Waals surface area contributed by atoms with E-state index in [1.165, 1.54) is 0 Å². The molecule has 2 heteroatoms. The molecule has 1 rings (SSSR count). The molecular formula is C10H13O2. The molecule has 1 aromatic rings. The first kappa shape index (κ1) is 9.07. The van der Waals surface area contributed by atoms with Crippen LogP contribution in [-0.2, 0) is 5.11 Å². The van der Waals surface area contributed by atoms with Gasteiger partial charge in [0, 0.05) is 6.42 Å². The Morgan fingerprint density at radius 1 is 1.33 bits per heavy atom. The Labute approximate surface area is 72.8 Å². The molecule has 0 saturated carbocycles. The quantitative estimate of drug-likeness (QED) is 0.630. The molecular weight excluding hydrogens is 152 g/mol. The van der Waals surface area contributed by atoms with E-state index in [0.29, 0.717) is 12.2 Å². The summed E-state index contributed by atoms with van der Waals surface area (Å²) in [7, 11) is 0. The summed E-state index contributed by atoms with van der Waals surface area (Å²) in [6.45, 7) is 1.97. The van der Waals surface area contributed by atoms with E-state index in [0.717, 1.165) is 6.42 Å². The first-order valence-electron chi connectivity index (χ1n) is 4.20. The van der Waals surface area contributed by atoms with E-state index in [9.17, 15) is 5.11 Å². The van der Waals surface area contributed by atoms with Crippen molar-refractivity contribution >= 4 is 0 Å². The number of benzene rings is 1. The minimum Gasteiger partial charge on any atom is -0.462 e. The van der Waals surface area contributed by atoms with E-state index in [1.807, 2.05) is 25.1 Å². The number of para-hydroxylation sites is 1. The van der Waals surface area contributed by atoms with Gasteiger partial charge in [0.2, 0.25) is 6.29 Å². The Hall–Kier alpha value is -1.02. The molecule has 0 N–H and O–H groups in total. The van der Waals surface area contributed by atoms with E-state index >= 15 is 0 Å². The lowest BCUT2D eigenvalue weighted by Crippen LogP contribution is -2.12. The zero-order chi connectivity index (χ0) is 8.81. The molecule has 0 aliphatic rings. The van der Waals surface area contributed by atoms with E-state index in [1.54, 1.807) is 12.1 Å². The molecule has 0 aliphatic heterocycles. The van der Waals surface area contributed by atoms with Gasteiger partial charge in [-0.1, -0.05) is 31.5 Å². The van der Waals surface area contributed by atoms with Gasteiger partial charge in [0.25, 0.3) is 0 Å². The molecule has 0 aliphatic carbocycles. The third kappa shape index (κ3) is 2.93. The minimum atomic E-state index is -0.919. The van der Waals surface area contributed by atoms with Crippen molar-refractivity contribution in [1.29, 1.82) is 0 Å². The maximum Gasteiger partial charge on any atom is 0.231 e. The lowest BCUT2D eigenvalue weighted by atomic mass is 10.3. The summed E-state index contributed by atoms with van der Waals surface area (Å²) in [5.41, 5.74) is 0. The molecule has 1 radical (unpaired) electrons. The topological polar surface area (TPSA) is 29.1 Å². The van der Waals surface area contributed by atoms with Crippen LogP contribution < -0.4 is 4.74 Å². The Kier molecular flexibility index (Phi) is 3.61. The van der Waals surface area contributed by atoms with E-state index in [4.69, 9.17) is 4.74 Å². The van der Waals surface area contributed by atoms with Crippen LogP contribution in [0, 0.1) is 0 Å². The predicted molar refractivity (Wildman–Crippen MR) is 46.5 cm³/mol. The Morgan fingerprint density at radius 2 is 2.00 bits per heavy atom. The molecule has 0 saturated heterocycles. The van der Waals surface area contributed by atoms with Gasteiger partial charge in [-0.3, -0.25) is 0 Å². The fourth-order valence-electron chi connectivity index (χ4n) is 0.945. The van der Waals surface area contributed by atoms with Crippen LogP contribution in [0.4, 0.5) is 0 Å². The van der Waals surface area contributed by atoms with Crippen molar-refractivity contribution in [3.05, 3.63) is 30.3 Å². The second kappa shape index (κ2) is 4.78. The Balaban J connectivity index is 2.41. The van der Waals surface area contributed by atoms with Gasteiger partial charge in [-0.2, -0.15) is 5.11 Å². The van der Waals surface area contributed by atoms with Crippen LogP contribution in [0.3, 0.4) is 0 Å². The lowest BCUT2D eigenvalue weighted by molar-refractivity contribution is -0.0756. The number of hydrogen-bond donors (Lipinski definition) is 0. The van der Waals surface area contributed by atoms with Crippen molar-refractivity contribution in [2.24, 2.45) is 0 Å². The van der Waals surface area contributed by atoms with Gasteiger partial charge in [0.1, 0.15) is 5.75 Å². The summed E-state index contributed by atoms with van der Waals surface area (Å²) in [6, 6.07) is 9.19. The third-order valence-electron chi connectivity index (χ3n) is 1.54. The molecule has 1 unspecified atom stereocenters. The van der Waals surface area contributed by atoms with Crippen LogP contribution in [0.5, 0.6) is 5.75 Å². The van der Waals surface area contributed by atoms with Crippen LogP contribution in [0.25, 0.3) is 0 Å². The van der Waals surface area contributed by atoms with Crippen molar-refractivity contribution in [1.82, 2.24) is 0 Å². The molecule has 0 fully saturated rings. The van der Waals surface area contributed by atoms with Crippen LogP contribution in [0.15, 0.2) is 30.3 Å². The van der Waals surface area contributed by atoms with Gasteiger partial charge in [-0.25, -0.2) is 0 Å². The van der Waals surface area contributed by atoms with E-state index in [-0.39, 0.29) is 0 Å². The third-order valence-corrected chi connectivity index (χ3v) is 1.54. The van der Waals surface area contributed by atoms with Gasteiger partial charge in [-0.15, -0.1) is 0 Å². The summed E-state index contributed by atoms with van der Waals surface area (Å²) in [5, 5.41) is 11.1. The summed E-state index contributed by atoms with van der Waals surface area (Å²) in [4.78, 5) is 0. The van der Waals surface area contributed by atoms with E-state index < -0.39 is 6.29 Å². The number of rotatable bonds is 4. The zero-order valence-electron chi connectivity index (χ0n) is 7.19. The van der Waals surface area contributed by atoms with Crippen LogP contribution in [-0.4, -0.2) is 6.29 Å². The summed E-state index contributed by atoms with van der Waals surface area (Å²) in [6.07, 6.45) is 0.507. The second-order valence-corrected chi connectivity index (χ2v) is 2.65. The molecule has 0 aromatic heterocycles. The van der Waals surface area contributed by atoms with Gasteiger partial charge >= 0.3 is 0 Å². The fraction of sp³-hybridized carbons (Fsp3) is 0.400. The lowest BCUT2D eigenvalue weighted by Gasteiger charge is -2.09. The SMILES string of the molecule is CCCC([O])Oc1ccccc1. The van der Waals surface area contributed by atoms with Gasteiger partial charge in [0.15, 0.2) is 0 Å². The summed E-state index contributed by atoms with van der Waals surface area (Å²) < 4.78 is 5.10. The standard InChI is InChI=1S/C10H13O2/c1-2-6-10(11)12-9-7-4-3-5-8-9/h3-5,7-8,10H,2,6H2,1H3. The first-order chi connectivity index (χ1) is 5.83. The van der Waals surface area contributed by atoms with Crippen molar-refractivity contribution in [3.8, 4) is 5.75 Å². The van der Waals surface area contributed by atoms with Crippen molar-refractivity contribution in [3.63, 3.8) is 0 Å². The van der Waals surface area contributed by atoms with Gasteiger partial charge in [0.05, 0.1) is 0 Å². The predicted octanol–water partition coefficient (Wildman–Crippen LogP) is 2.62. The van der Waals surface area contributed by atoms with E-state index in [2.05, 4.69) is 0 Å².